The fraction of sp³-hybridized carbons (Fsp3) is 0.231. The minimum absolute atomic E-state index is 0.405. The maximum Gasteiger partial charge on any atom is 0.153 e. The Balaban J connectivity index is 2.07. The van der Waals surface area contributed by atoms with Gasteiger partial charge in [-0.3, -0.25) is 9.48 Å². The molecule has 0 aliphatic carbocycles. The maximum absolute atomic E-state index is 10.9. The van der Waals surface area contributed by atoms with Gasteiger partial charge in [-0.1, -0.05) is 15.9 Å². The molecule has 5 heteroatoms. The summed E-state index contributed by atoms with van der Waals surface area (Å²) in [6, 6.07) is 5.35. The lowest BCUT2D eigenvalue weighted by molar-refractivity contribution is 0.111. The normalized spacial score (nSPS) is 10.3. The molecule has 0 N–H and O–H groups in total. The van der Waals surface area contributed by atoms with Crippen LogP contribution in [0.25, 0.3) is 0 Å². The van der Waals surface area contributed by atoms with Crippen LogP contribution in [-0.2, 0) is 13.2 Å². The SMILES string of the molecule is CCn1cc(COc2ccc(Br)cc2C=O)cn1. The summed E-state index contributed by atoms with van der Waals surface area (Å²) in [5.74, 6) is 0.581. The molecule has 0 fully saturated rings. The van der Waals surface area contributed by atoms with Gasteiger partial charge in [-0.15, -0.1) is 0 Å². The number of aryl methyl sites for hydroxylation is 1. The molecule has 0 amide bonds. The largest absolute Gasteiger partial charge is 0.488 e. The van der Waals surface area contributed by atoms with Crippen molar-refractivity contribution in [2.45, 2.75) is 20.1 Å². The Hall–Kier alpha value is -1.62. The van der Waals surface area contributed by atoms with E-state index in [1.165, 1.54) is 0 Å². The molecule has 2 aromatic rings. The van der Waals surface area contributed by atoms with Gasteiger partial charge < -0.3 is 4.74 Å². The van der Waals surface area contributed by atoms with Gasteiger partial charge in [0.25, 0.3) is 0 Å². The van der Waals surface area contributed by atoms with Crippen LogP contribution in [0.2, 0.25) is 0 Å². The van der Waals surface area contributed by atoms with E-state index in [4.69, 9.17) is 4.74 Å². The fourth-order valence-electron chi connectivity index (χ4n) is 1.56. The van der Waals surface area contributed by atoms with Crippen LogP contribution in [-0.4, -0.2) is 16.1 Å². The lowest BCUT2D eigenvalue weighted by Gasteiger charge is -2.07. The van der Waals surface area contributed by atoms with Crippen molar-refractivity contribution in [3.8, 4) is 5.75 Å². The third-order valence-corrected chi connectivity index (χ3v) is 3.00. The van der Waals surface area contributed by atoms with Crippen LogP contribution in [0.1, 0.15) is 22.8 Å². The van der Waals surface area contributed by atoms with Crippen molar-refractivity contribution in [2.24, 2.45) is 0 Å². The minimum Gasteiger partial charge on any atom is -0.488 e. The number of aldehydes is 1. The number of carbonyl (C=O) groups is 1. The predicted molar refractivity (Wildman–Crippen MR) is 71.8 cm³/mol. The van der Waals surface area contributed by atoms with E-state index in [1.807, 2.05) is 23.9 Å². The molecule has 1 aromatic heterocycles. The highest BCUT2D eigenvalue weighted by atomic mass is 79.9. The number of carbonyl (C=O) groups excluding carboxylic acids is 1. The lowest BCUT2D eigenvalue weighted by Crippen LogP contribution is -1.98. The smallest absolute Gasteiger partial charge is 0.153 e. The molecule has 2 rings (SSSR count). The Labute approximate surface area is 114 Å². The van der Waals surface area contributed by atoms with Crippen molar-refractivity contribution in [3.63, 3.8) is 0 Å². The van der Waals surface area contributed by atoms with Crippen LogP contribution in [0.5, 0.6) is 5.75 Å². The Morgan fingerprint density at radius 1 is 1.50 bits per heavy atom. The molecule has 1 aromatic carbocycles. The molecular weight excluding hydrogens is 296 g/mol. The first-order chi connectivity index (χ1) is 8.72. The summed E-state index contributed by atoms with van der Waals surface area (Å²) < 4.78 is 8.31. The Morgan fingerprint density at radius 2 is 2.33 bits per heavy atom. The number of hydrogen-bond acceptors (Lipinski definition) is 3. The topological polar surface area (TPSA) is 44.1 Å². The first-order valence-electron chi connectivity index (χ1n) is 5.61. The van der Waals surface area contributed by atoms with E-state index in [2.05, 4.69) is 21.0 Å². The number of halogens is 1. The highest BCUT2D eigenvalue weighted by molar-refractivity contribution is 9.10. The fourth-order valence-corrected chi connectivity index (χ4v) is 1.94. The molecule has 0 aliphatic rings. The number of benzene rings is 1. The van der Waals surface area contributed by atoms with Crippen molar-refractivity contribution in [1.29, 1.82) is 0 Å². The van der Waals surface area contributed by atoms with Gasteiger partial charge in [0, 0.05) is 22.8 Å². The molecule has 18 heavy (non-hydrogen) atoms. The summed E-state index contributed by atoms with van der Waals surface area (Å²) in [5, 5.41) is 4.16. The van der Waals surface area contributed by atoms with Crippen LogP contribution in [0, 0.1) is 0 Å². The second-order valence-corrected chi connectivity index (χ2v) is 4.71. The molecule has 94 valence electrons. The van der Waals surface area contributed by atoms with E-state index in [-0.39, 0.29) is 0 Å². The third kappa shape index (κ3) is 2.98. The third-order valence-electron chi connectivity index (χ3n) is 2.50. The van der Waals surface area contributed by atoms with Crippen LogP contribution in [0.15, 0.2) is 35.1 Å². The number of ether oxygens (including phenoxy) is 1. The average molecular weight is 309 g/mol. The summed E-state index contributed by atoms with van der Waals surface area (Å²) in [6.45, 7) is 3.26. The first kappa shape index (κ1) is 12.8. The minimum atomic E-state index is 0.405. The zero-order valence-electron chi connectivity index (χ0n) is 9.97. The number of aromatic nitrogens is 2. The van der Waals surface area contributed by atoms with E-state index in [0.717, 1.165) is 22.9 Å². The Kier molecular flexibility index (Phi) is 4.15. The highest BCUT2D eigenvalue weighted by Crippen LogP contribution is 2.22. The second kappa shape index (κ2) is 5.82. The standard InChI is InChI=1S/C13H13BrN2O2/c1-2-16-7-10(6-15-16)9-18-13-4-3-12(14)5-11(13)8-17/h3-8H,2,9H2,1H3. The number of hydrogen-bond donors (Lipinski definition) is 0. The van der Waals surface area contributed by atoms with Crippen LogP contribution in [0.4, 0.5) is 0 Å². The van der Waals surface area contributed by atoms with Crippen molar-refractivity contribution in [1.82, 2.24) is 9.78 Å². The summed E-state index contributed by atoms with van der Waals surface area (Å²) >= 11 is 3.32. The van der Waals surface area contributed by atoms with Gasteiger partial charge in [-0.05, 0) is 25.1 Å². The number of nitrogens with zero attached hydrogens (tertiary/aromatic N) is 2. The molecule has 0 saturated heterocycles. The van der Waals surface area contributed by atoms with Gasteiger partial charge in [-0.25, -0.2) is 0 Å². The van der Waals surface area contributed by atoms with Gasteiger partial charge in [-0.2, -0.15) is 5.10 Å². The van der Waals surface area contributed by atoms with E-state index in [1.54, 1.807) is 18.3 Å². The van der Waals surface area contributed by atoms with Gasteiger partial charge >= 0.3 is 0 Å². The molecule has 0 radical (unpaired) electrons. The molecule has 4 nitrogen and oxygen atoms in total. The van der Waals surface area contributed by atoms with Gasteiger partial charge in [0.05, 0.1) is 11.8 Å². The van der Waals surface area contributed by atoms with E-state index in [0.29, 0.717) is 17.9 Å². The van der Waals surface area contributed by atoms with Crippen LogP contribution in [0.3, 0.4) is 0 Å². The average Bonchev–Trinajstić information content (AvgIpc) is 2.85. The molecule has 0 saturated carbocycles. The lowest BCUT2D eigenvalue weighted by atomic mass is 10.2. The Morgan fingerprint density at radius 3 is 3.00 bits per heavy atom. The van der Waals surface area contributed by atoms with E-state index < -0.39 is 0 Å². The van der Waals surface area contributed by atoms with Crippen molar-refractivity contribution in [2.75, 3.05) is 0 Å². The van der Waals surface area contributed by atoms with E-state index in [9.17, 15) is 4.79 Å². The summed E-state index contributed by atoms with van der Waals surface area (Å²) in [7, 11) is 0. The zero-order valence-corrected chi connectivity index (χ0v) is 11.6. The zero-order chi connectivity index (χ0) is 13.0. The molecule has 0 unspecified atom stereocenters. The molecule has 0 aliphatic heterocycles. The van der Waals surface area contributed by atoms with Crippen molar-refractivity contribution in [3.05, 3.63) is 46.2 Å². The summed E-state index contributed by atoms with van der Waals surface area (Å²) in [5.41, 5.74) is 1.52. The van der Waals surface area contributed by atoms with Crippen molar-refractivity contribution < 1.29 is 9.53 Å². The highest BCUT2D eigenvalue weighted by Gasteiger charge is 2.05. The molecule has 0 spiro atoms. The molecular formula is C13H13BrN2O2. The first-order valence-corrected chi connectivity index (χ1v) is 6.41. The van der Waals surface area contributed by atoms with E-state index >= 15 is 0 Å². The molecule has 1 heterocycles. The number of rotatable bonds is 5. The maximum atomic E-state index is 10.9. The van der Waals surface area contributed by atoms with Crippen LogP contribution >= 0.6 is 15.9 Å². The van der Waals surface area contributed by atoms with Gasteiger partial charge in [0.15, 0.2) is 6.29 Å². The summed E-state index contributed by atoms with van der Waals surface area (Å²) in [4.78, 5) is 10.9. The second-order valence-electron chi connectivity index (χ2n) is 3.79. The quantitative estimate of drug-likeness (QED) is 0.797. The van der Waals surface area contributed by atoms with Crippen LogP contribution < -0.4 is 4.74 Å². The Bertz CT molecular complexity index is 552. The molecule has 0 bridgehead atoms. The molecule has 0 atom stereocenters. The van der Waals surface area contributed by atoms with Gasteiger partial charge in [0.2, 0.25) is 0 Å². The van der Waals surface area contributed by atoms with Gasteiger partial charge in [0.1, 0.15) is 12.4 Å². The van der Waals surface area contributed by atoms with Crippen molar-refractivity contribution >= 4 is 22.2 Å². The summed E-state index contributed by atoms with van der Waals surface area (Å²) in [6.07, 6.45) is 4.48. The predicted octanol–water partition coefficient (Wildman–Crippen LogP) is 3.06. The monoisotopic (exact) mass is 308 g/mol.